The number of aliphatic imine (C=N–C) groups is 1. The fraction of sp³-hybridized carbons (Fsp3) is 0.150. The molecule has 0 bridgehead atoms. The number of carbonyl (C=O) groups is 2. The van der Waals surface area contributed by atoms with Crippen molar-refractivity contribution >= 4 is 40.6 Å². The number of aromatic hydroxyl groups is 1. The summed E-state index contributed by atoms with van der Waals surface area (Å²) < 4.78 is 5.30. The molecule has 8 heteroatoms. The molecule has 1 amide bonds. The van der Waals surface area contributed by atoms with Gasteiger partial charge in [0.25, 0.3) is 5.91 Å². The van der Waals surface area contributed by atoms with Gasteiger partial charge in [0.2, 0.25) is 0 Å². The number of carboxylic acids is 1. The van der Waals surface area contributed by atoms with E-state index in [0.717, 1.165) is 0 Å². The molecule has 0 aliphatic carbocycles. The number of carboxylic acid groups (broad SMARTS) is 1. The molecule has 1 heterocycles. The number of rotatable bonds is 6. The van der Waals surface area contributed by atoms with Crippen molar-refractivity contribution in [1.82, 2.24) is 4.90 Å². The molecule has 0 aromatic heterocycles. The zero-order chi connectivity index (χ0) is 20.1. The first-order valence-electron chi connectivity index (χ1n) is 8.50. The van der Waals surface area contributed by atoms with Gasteiger partial charge < -0.3 is 14.9 Å². The second-order valence-corrected chi connectivity index (χ2v) is 6.80. The maximum atomic E-state index is 12.8. The smallest absolute Gasteiger partial charge is 0.341 e. The fourth-order valence-corrected chi connectivity index (χ4v) is 3.61. The van der Waals surface area contributed by atoms with Gasteiger partial charge in [-0.25, -0.2) is 9.79 Å². The molecule has 0 spiro atoms. The Kier molecular flexibility index (Phi) is 6.00. The summed E-state index contributed by atoms with van der Waals surface area (Å²) in [5.74, 6) is -0.794. The Morgan fingerprint density at radius 2 is 2.04 bits per heavy atom. The highest BCUT2D eigenvalue weighted by molar-refractivity contribution is 8.18. The molecular formula is C20H18N2O5S. The van der Waals surface area contributed by atoms with E-state index in [0.29, 0.717) is 33.6 Å². The Hall–Kier alpha value is -3.26. The van der Waals surface area contributed by atoms with Gasteiger partial charge in [0, 0.05) is 18.2 Å². The average molecular weight is 398 g/mol. The van der Waals surface area contributed by atoms with Gasteiger partial charge in [0.1, 0.15) is 11.5 Å². The summed E-state index contributed by atoms with van der Waals surface area (Å²) in [6.07, 6.45) is 1.66. The quantitative estimate of drug-likeness (QED) is 0.723. The van der Waals surface area contributed by atoms with E-state index in [1.165, 1.54) is 17.8 Å². The molecule has 1 fully saturated rings. The first-order valence-corrected chi connectivity index (χ1v) is 9.32. The highest BCUT2D eigenvalue weighted by atomic mass is 32.2. The number of nitrogens with zero attached hydrogens (tertiary/aromatic N) is 2. The molecule has 0 unspecified atom stereocenters. The van der Waals surface area contributed by atoms with Crippen LogP contribution in [0.25, 0.3) is 6.08 Å². The van der Waals surface area contributed by atoms with E-state index in [4.69, 9.17) is 9.84 Å². The van der Waals surface area contributed by atoms with Crippen LogP contribution in [0.1, 0.15) is 12.5 Å². The third kappa shape index (κ3) is 4.52. The number of carbonyl (C=O) groups excluding carboxylic acids is 1. The number of likely N-dealkylation sites (N-methyl/N-ethyl adjacent to an activating group) is 1. The molecule has 144 valence electrons. The minimum absolute atomic E-state index is 0.0968. The molecule has 3 rings (SSSR count). The molecule has 2 aromatic carbocycles. The van der Waals surface area contributed by atoms with Gasteiger partial charge in [-0.05, 0) is 43.0 Å². The number of phenols is 1. The molecule has 7 nitrogen and oxygen atoms in total. The Labute approximate surface area is 166 Å². The number of hydrogen-bond acceptors (Lipinski definition) is 6. The Morgan fingerprint density at radius 3 is 2.75 bits per heavy atom. The van der Waals surface area contributed by atoms with Gasteiger partial charge in [-0.15, -0.1) is 0 Å². The van der Waals surface area contributed by atoms with Crippen LogP contribution in [-0.4, -0.2) is 45.3 Å². The lowest BCUT2D eigenvalue weighted by Gasteiger charge is -2.12. The third-order valence-corrected chi connectivity index (χ3v) is 4.82. The molecule has 1 saturated heterocycles. The van der Waals surface area contributed by atoms with Crippen molar-refractivity contribution in [3.8, 4) is 11.5 Å². The van der Waals surface area contributed by atoms with Crippen molar-refractivity contribution in [3.05, 3.63) is 59.0 Å². The van der Waals surface area contributed by atoms with Gasteiger partial charge in [0.05, 0.1) is 10.6 Å². The predicted octanol–water partition coefficient (Wildman–Crippen LogP) is 3.48. The minimum atomic E-state index is -1.08. The van der Waals surface area contributed by atoms with Crippen LogP contribution in [0.3, 0.4) is 0 Å². The van der Waals surface area contributed by atoms with Crippen molar-refractivity contribution in [3.63, 3.8) is 0 Å². The first kappa shape index (κ1) is 19.5. The SMILES string of the molecule is CCN1C(=O)/C(=C/c2ccccc2OCC(=O)O)SC1=Nc1cccc(O)c1. The van der Waals surface area contributed by atoms with E-state index >= 15 is 0 Å². The Balaban J connectivity index is 1.91. The summed E-state index contributed by atoms with van der Waals surface area (Å²) in [5.41, 5.74) is 1.15. The summed E-state index contributed by atoms with van der Waals surface area (Å²) in [6.45, 7) is 1.83. The highest BCUT2D eigenvalue weighted by Gasteiger charge is 2.32. The lowest BCUT2D eigenvalue weighted by atomic mass is 10.2. The molecule has 0 radical (unpaired) electrons. The molecule has 0 saturated carbocycles. The number of ether oxygens (including phenoxy) is 1. The van der Waals surface area contributed by atoms with Crippen LogP contribution in [0.5, 0.6) is 11.5 Å². The number of para-hydroxylation sites is 1. The fourth-order valence-electron chi connectivity index (χ4n) is 2.56. The topological polar surface area (TPSA) is 99.4 Å². The molecule has 2 aromatic rings. The first-order chi connectivity index (χ1) is 13.5. The molecule has 0 atom stereocenters. The minimum Gasteiger partial charge on any atom is -0.508 e. The van der Waals surface area contributed by atoms with Crippen LogP contribution in [0, 0.1) is 0 Å². The van der Waals surface area contributed by atoms with E-state index in [2.05, 4.69) is 4.99 Å². The van der Waals surface area contributed by atoms with Crippen molar-refractivity contribution in [2.75, 3.05) is 13.2 Å². The van der Waals surface area contributed by atoms with Crippen LogP contribution in [-0.2, 0) is 9.59 Å². The zero-order valence-corrected chi connectivity index (χ0v) is 15.8. The number of thioether (sulfide) groups is 1. The van der Waals surface area contributed by atoms with E-state index in [1.807, 2.05) is 6.92 Å². The Morgan fingerprint density at radius 1 is 1.25 bits per heavy atom. The summed E-state index contributed by atoms with van der Waals surface area (Å²) in [4.78, 5) is 30.0. The number of phenolic OH excluding ortho intramolecular Hbond substituents is 1. The highest BCUT2D eigenvalue weighted by Crippen LogP contribution is 2.35. The van der Waals surface area contributed by atoms with E-state index in [9.17, 15) is 14.7 Å². The number of amidine groups is 1. The van der Waals surface area contributed by atoms with Crippen LogP contribution in [0.15, 0.2) is 58.4 Å². The molecule has 28 heavy (non-hydrogen) atoms. The maximum absolute atomic E-state index is 12.8. The van der Waals surface area contributed by atoms with E-state index in [1.54, 1.807) is 53.4 Å². The number of benzene rings is 2. The number of hydrogen-bond donors (Lipinski definition) is 2. The largest absolute Gasteiger partial charge is 0.508 e. The normalized spacial score (nSPS) is 16.8. The lowest BCUT2D eigenvalue weighted by molar-refractivity contribution is -0.139. The van der Waals surface area contributed by atoms with Gasteiger partial charge in [-0.2, -0.15) is 0 Å². The van der Waals surface area contributed by atoms with E-state index < -0.39 is 12.6 Å². The predicted molar refractivity (Wildman–Crippen MR) is 108 cm³/mol. The van der Waals surface area contributed by atoms with E-state index in [-0.39, 0.29) is 11.7 Å². The third-order valence-electron chi connectivity index (χ3n) is 3.82. The molecule has 1 aliphatic heterocycles. The lowest BCUT2D eigenvalue weighted by Crippen LogP contribution is -2.28. The second-order valence-electron chi connectivity index (χ2n) is 5.79. The van der Waals surface area contributed by atoms with Crippen LogP contribution >= 0.6 is 11.8 Å². The Bertz CT molecular complexity index is 971. The van der Waals surface area contributed by atoms with Crippen LogP contribution < -0.4 is 4.74 Å². The number of amides is 1. The molecule has 2 N–H and O–H groups in total. The van der Waals surface area contributed by atoms with Crippen LogP contribution in [0.4, 0.5) is 5.69 Å². The molecular weight excluding hydrogens is 380 g/mol. The molecule has 1 aliphatic rings. The average Bonchev–Trinajstić information content (AvgIpc) is 2.95. The van der Waals surface area contributed by atoms with Gasteiger partial charge in [-0.1, -0.05) is 24.3 Å². The zero-order valence-electron chi connectivity index (χ0n) is 15.0. The maximum Gasteiger partial charge on any atom is 0.341 e. The summed E-state index contributed by atoms with van der Waals surface area (Å²) in [6, 6.07) is 13.4. The standard InChI is InChI=1S/C20H18N2O5S/c1-2-22-19(26)17(28-20(22)21-14-7-5-8-15(23)11-14)10-13-6-3-4-9-16(13)27-12-18(24)25/h3-11,23H,2,12H2,1H3,(H,24,25)/b17-10-,21-20?. The summed E-state index contributed by atoms with van der Waals surface area (Å²) in [7, 11) is 0. The van der Waals surface area contributed by atoms with Crippen molar-refractivity contribution < 1.29 is 24.5 Å². The van der Waals surface area contributed by atoms with Gasteiger partial charge in [0.15, 0.2) is 11.8 Å². The van der Waals surface area contributed by atoms with Crippen molar-refractivity contribution in [2.24, 2.45) is 4.99 Å². The van der Waals surface area contributed by atoms with Crippen LogP contribution in [0.2, 0.25) is 0 Å². The summed E-state index contributed by atoms with van der Waals surface area (Å²) >= 11 is 1.21. The van der Waals surface area contributed by atoms with Gasteiger partial charge in [-0.3, -0.25) is 9.69 Å². The summed E-state index contributed by atoms with van der Waals surface area (Å²) in [5, 5.41) is 18.9. The second kappa shape index (κ2) is 8.62. The van der Waals surface area contributed by atoms with Crippen molar-refractivity contribution in [2.45, 2.75) is 6.92 Å². The van der Waals surface area contributed by atoms with Gasteiger partial charge >= 0.3 is 5.97 Å². The number of aliphatic carboxylic acids is 1. The van der Waals surface area contributed by atoms with Crippen molar-refractivity contribution in [1.29, 1.82) is 0 Å². The monoisotopic (exact) mass is 398 g/mol.